The monoisotopic (exact) mass is 245 g/mol. The van der Waals surface area contributed by atoms with Crippen molar-refractivity contribution in [3.63, 3.8) is 0 Å². The fourth-order valence-corrected chi connectivity index (χ4v) is 1.16. The second-order valence-electron chi connectivity index (χ2n) is 2.98. The van der Waals surface area contributed by atoms with E-state index in [2.05, 4.69) is 12.2 Å². The zero-order chi connectivity index (χ0) is 12.3. The molecule has 0 aliphatic rings. The van der Waals surface area contributed by atoms with E-state index in [0.717, 1.165) is 12.1 Å². The fraction of sp³-hybridized carbons (Fsp3) is 0.111. The molecule has 1 aromatic rings. The number of halogens is 2. The van der Waals surface area contributed by atoms with E-state index in [0.29, 0.717) is 5.01 Å². The predicted molar refractivity (Wildman–Crippen MR) is 57.9 cm³/mol. The Morgan fingerprint density at radius 1 is 1.38 bits per heavy atom. The fourth-order valence-electron chi connectivity index (χ4n) is 1.06. The molecule has 86 valence electrons. The van der Waals surface area contributed by atoms with Crippen molar-refractivity contribution >= 4 is 23.2 Å². The molecule has 16 heavy (non-hydrogen) atoms. The first-order valence-electron chi connectivity index (χ1n) is 4.23. The van der Waals surface area contributed by atoms with Crippen molar-refractivity contribution in [1.29, 1.82) is 0 Å². The molecule has 0 saturated carbocycles. The van der Waals surface area contributed by atoms with Gasteiger partial charge >= 0.3 is 0 Å². The highest BCUT2D eigenvalue weighted by Crippen LogP contribution is 2.13. The number of hydrogen-bond acceptors (Lipinski definition) is 3. The van der Waals surface area contributed by atoms with E-state index in [-0.39, 0.29) is 10.7 Å². The number of carbonyl (C=O) groups excluding carboxylic acids is 1. The van der Waals surface area contributed by atoms with Crippen LogP contribution < -0.4 is 11.6 Å². The molecule has 7 heteroatoms. The van der Waals surface area contributed by atoms with Gasteiger partial charge in [0.25, 0.3) is 0 Å². The van der Waals surface area contributed by atoms with Gasteiger partial charge in [0, 0.05) is 5.56 Å². The van der Waals surface area contributed by atoms with Gasteiger partial charge in [0.05, 0.1) is 6.42 Å². The van der Waals surface area contributed by atoms with Crippen LogP contribution >= 0.6 is 12.2 Å². The third kappa shape index (κ3) is 2.71. The van der Waals surface area contributed by atoms with Gasteiger partial charge < -0.3 is 5.73 Å². The lowest BCUT2D eigenvalue weighted by atomic mass is 10.1. The van der Waals surface area contributed by atoms with E-state index in [1.165, 1.54) is 6.07 Å². The van der Waals surface area contributed by atoms with E-state index in [1.807, 2.05) is 0 Å². The van der Waals surface area contributed by atoms with Crippen molar-refractivity contribution in [2.75, 3.05) is 0 Å². The van der Waals surface area contributed by atoms with Crippen molar-refractivity contribution in [3.05, 3.63) is 35.4 Å². The molecule has 1 amide bonds. The van der Waals surface area contributed by atoms with Crippen molar-refractivity contribution in [2.24, 2.45) is 11.6 Å². The van der Waals surface area contributed by atoms with Gasteiger partial charge in [-0.15, -0.1) is 0 Å². The number of thiocarbonyl (C=S) groups is 1. The molecule has 0 unspecified atom stereocenters. The summed E-state index contributed by atoms with van der Waals surface area (Å²) in [5.41, 5.74) is 4.73. The summed E-state index contributed by atoms with van der Waals surface area (Å²) >= 11 is 4.45. The third-order valence-corrected chi connectivity index (χ3v) is 2.09. The van der Waals surface area contributed by atoms with Crippen LogP contribution in [-0.4, -0.2) is 16.0 Å². The number of nitrogens with two attached hydrogens (primary N) is 2. The number of rotatable bonds is 2. The Hall–Kier alpha value is -1.60. The minimum atomic E-state index is -0.815. The van der Waals surface area contributed by atoms with Crippen molar-refractivity contribution in [1.82, 2.24) is 5.01 Å². The van der Waals surface area contributed by atoms with Crippen LogP contribution in [-0.2, 0) is 11.2 Å². The molecule has 0 saturated heterocycles. The largest absolute Gasteiger partial charge is 0.375 e. The molecular formula is C9H9F2N3OS. The third-order valence-electron chi connectivity index (χ3n) is 1.90. The Labute approximate surface area is 95.8 Å². The molecule has 0 fully saturated rings. The molecular weight excluding hydrogens is 236 g/mol. The summed E-state index contributed by atoms with van der Waals surface area (Å²) in [6.45, 7) is 0. The van der Waals surface area contributed by atoms with Crippen LogP contribution in [0, 0.1) is 11.6 Å². The van der Waals surface area contributed by atoms with Gasteiger partial charge in [-0.1, -0.05) is 6.07 Å². The zero-order valence-electron chi connectivity index (χ0n) is 8.11. The maximum Gasteiger partial charge on any atom is 0.247 e. The van der Waals surface area contributed by atoms with Gasteiger partial charge in [-0.05, 0) is 24.4 Å². The molecule has 4 nitrogen and oxygen atoms in total. The standard InChI is InChI=1S/C9H9F2N3OS/c10-6-2-1-3-7(11)5(6)4-8(15)14(13)9(12)16/h1-3H,4,13H2,(H2,12,16). The zero-order valence-corrected chi connectivity index (χ0v) is 8.93. The summed E-state index contributed by atoms with van der Waals surface area (Å²) in [6, 6.07) is 3.30. The SMILES string of the molecule is NC(=S)N(N)C(=O)Cc1c(F)cccc1F. The normalized spacial score (nSPS) is 9.94. The summed E-state index contributed by atoms with van der Waals surface area (Å²) in [5, 5.41) is 0.114. The number of benzene rings is 1. The molecule has 1 rings (SSSR count). The molecule has 0 aliphatic carbocycles. The summed E-state index contributed by atoms with van der Waals surface area (Å²) < 4.78 is 26.3. The molecule has 0 bridgehead atoms. The lowest BCUT2D eigenvalue weighted by Gasteiger charge is -2.14. The highest BCUT2D eigenvalue weighted by molar-refractivity contribution is 7.80. The lowest BCUT2D eigenvalue weighted by molar-refractivity contribution is -0.126. The highest BCUT2D eigenvalue weighted by Gasteiger charge is 2.17. The Balaban J connectivity index is 2.89. The van der Waals surface area contributed by atoms with E-state index in [4.69, 9.17) is 11.6 Å². The minimum Gasteiger partial charge on any atom is -0.375 e. The number of carbonyl (C=O) groups is 1. The number of nitrogens with zero attached hydrogens (tertiary/aromatic N) is 1. The first-order chi connectivity index (χ1) is 7.43. The van der Waals surface area contributed by atoms with Crippen LogP contribution in [0.1, 0.15) is 5.56 Å². The van der Waals surface area contributed by atoms with Crippen molar-refractivity contribution in [3.8, 4) is 0 Å². The summed E-state index contributed by atoms with van der Waals surface area (Å²) in [6.07, 6.45) is -0.535. The lowest BCUT2D eigenvalue weighted by Crippen LogP contribution is -2.46. The molecule has 0 spiro atoms. The molecule has 0 aliphatic heterocycles. The second kappa shape index (κ2) is 4.95. The number of hydrazine groups is 1. The van der Waals surface area contributed by atoms with Crippen molar-refractivity contribution in [2.45, 2.75) is 6.42 Å². The summed E-state index contributed by atoms with van der Waals surface area (Å²) in [7, 11) is 0. The summed E-state index contributed by atoms with van der Waals surface area (Å²) in [4.78, 5) is 11.4. The van der Waals surface area contributed by atoms with Crippen LogP contribution in [0.2, 0.25) is 0 Å². The maximum absolute atomic E-state index is 13.2. The van der Waals surface area contributed by atoms with Gasteiger partial charge in [0.15, 0.2) is 5.11 Å². The predicted octanol–water partition coefficient (Wildman–Crippen LogP) is 0.453. The van der Waals surface area contributed by atoms with E-state index in [9.17, 15) is 13.6 Å². The number of hydrogen-bond donors (Lipinski definition) is 2. The first kappa shape index (κ1) is 12.5. The van der Waals surface area contributed by atoms with Crippen LogP contribution in [0.3, 0.4) is 0 Å². The first-order valence-corrected chi connectivity index (χ1v) is 4.64. The van der Waals surface area contributed by atoms with Crippen LogP contribution in [0.15, 0.2) is 18.2 Å². The van der Waals surface area contributed by atoms with Crippen molar-refractivity contribution < 1.29 is 13.6 Å². The van der Waals surface area contributed by atoms with Gasteiger partial charge in [0.2, 0.25) is 5.91 Å². The van der Waals surface area contributed by atoms with E-state index in [1.54, 1.807) is 0 Å². The Morgan fingerprint density at radius 3 is 2.31 bits per heavy atom. The Kier molecular flexibility index (Phi) is 3.86. The Bertz CT molecular complexity index is 419. The smallest absolute Gasteiger partial charge is 0.247 e. The topological polar surface area (TPSA) is 72.3 Å². The summed E-state index contributed by atoms with van der Waals surface area (Å²) in [5.74, 6) is 2.77. The van der Waals surface area contributed by atoms with Gasteiger partial charge in [-0.3, -0.25) is 4.79 Å². The highest BCUT2D eigenvalue weighted by atomic mass is 32.1. The van der Waals surface area contributed by atoms with E-state index < -0.39 is 24.0 Å². The molecule has 1 aromatic carbocycles. The molecule has 4 N–H and O–H groups in total. The second-order valence-corrected chi connectivity index (χ2v) is 3.40. The number of amides is 1. The molecule has 0 heterocycles. The van der Waals surface area contributed by atoms with Crippen LogP contribution in [0.25, 0.3) is 0 Å². The van der Waals surface area contributed by atoms with Gasteiger partial charge in [-0.2, -0.15) is 0 Å². The average molecular weight is 245 g/mol. The van der Waals surface area contributed by atoms with E-state index >= 15 is 0 Å². The van der Waals surface area contributed by atoms with Crippen LogP contribution in [0.5, 0.6) is 0 Å². The van der Waals surface area contributed by atoms with Gasteiger partial charge in [0.1, 0.15) is 11.6 Å². The van der Waals surface area contributed by atoms with Gasteiger partial charge in [-0.25, -0.2) is 19.6 Å². The quantitative estimate of drug-likeness (QED) is 0.343. The minimum absolute atomic E-state index is 0.359. The molecule has 0 aromatic heterocycles. The molecule has 0 radical (unpaired) electrons. The van der Waals surface area contributed by atoms with Crippen LogP contribution in [0.4, 0.5) is 8.78 Å². The average Bonchev–Trinajstić information content (AvgIpc) is 2.22. The Morgan fingerprint density at radius 2 is 1.88 bits per heavy atom. The maximum atomic E-state index is 13.2. The molecule has 0 atom stereocenters.